The predicted octanol–water partition coefficient (Wildman–Crippen LogP) is 6.03. The Hall–Kier alpha value is -3.29. The van der Waals surface area contributed by atoms with Gasteiger partial charge in [0.25, 0.3) is 5.91 Å². The predicted molar refractivity (Wildman–Crippen MR) is 135 cm³/mol. The molecule has 1 saturated heterocycles. The van der Waals surface area contributed by atoms with Gasteiger partial charge in [-0.15, -0.1) is 0 Å². The normalized spacial score (nSPS) is 17.0. The van der Waals surface area contributed by atoms with Crippen LogP contribution in [0.2, 0.25) is 0 Å². The third-order valence-corrected chi connectivity index (χ3v) is 7.36. The van der Waals surface area contributed by atoms with Crippen molar-refractivity contribution in [2.45, 2.75) is 58.2 Å². The van der Waals surface area contributed by atoms with Crippen molar-refractivity contribution in [2.24, 2.45) is 5.41 Å². The van der Waals surface area contributed by atoms with Crippen LogP contribution in [-0.4, -0.2) is 42.6 Å². The molecule has 1 heterocycles. The van der Waals surface area contributed by atoms with Crippen molar-refractivity contribution >= 4 is 11.9 Å². The van der Waals surface area contributed by atoms with Crippen LogP contribution in [0, 0.1) is 19.3 Å². The Labute approximate surface area is 216 Å². The molecule has 2 aromatic rings. The minimum Gasteiger partial charge on any atom is -0.472 e. The molecule has 37 heavy (non-hydrogen) atoms. The zero-order valence-corrected chi connectivity index (χ0v) is 21.6. The fourth-order valence-electron chi connectivity index (χ4n) is 5.14. The number of rotatable bonds is 9. The van der Waals surface area contributed by atoms with Gasteiger partial charge in [0.05, 0.1) is 19.3 Å². The van der Waals surface area contributed by atoms with Crippen molar-refractivity contribution in [3.05, 3.63) is 83.6 Å². The first-order chi connectivity index (χ1) is 17.5. The molecule has 0 unspecified atom stereocenters. The van der Waals surface area contributed by atoms with Crippen LogP contribution in [0.3, 0.4) is 0 Å². The standard InChI is InChI=1S/C29H34F3NO4/c1-5-36-25(34)20-27(19-23-12-10-11-21(3)22(23)4)15-17-33(18-16-27)26(35)28(37-6-2,29(30,31)32)24-13-8-7-9-14-24/h6-14H,2,5,15-20H2,1,3-4H3/t28-/m1/s1. The molecule has 8 heteroatoms. The molecule has 0 aromatic heterocycles. The molecule has 1 atom stereocenters. The maximum atomic E-state index is 14.6. The Morgan fingerprint density at radius 2 is 1.70 bits per heavy atom. The topological polar surface area (TPSA) is 55.8 Å². The highest BCUT2D eigenvalue weighted by molar-refractivity contribution is 5.88. The minimum atomic E-state index is -5.03. The second kappa shape index (κ2) is 11.4. The molecular weight excluding hydrogens is 483 g/mol. The third-order valence-electron chi connectivity index (χ3n) is 7.36. The molecule has 0 spiro atoms. The largest absolute Gasteiger partial charge is 0.472 e. The summed E-state index contributed by atoms with van der Waals surface area (Å²) in [6.07, 6.45) is -2.98. The fraction of sp³-hybridized carbons (Fsp3) is 0.448. The van der Waals surface area contributed by atoms with Crippen molar-refractivity contribution in [3.63, 3.8) is 0 Å². The molecule has 0 N–H and O–H groups in total. The number of nitrogens with zero attached hydrogens (tertiary/aromatic N) is 1. The zero-order chi connectivity index (χ0) is 27.3. The number of alkyl halides is 3. The summed E-state index contributed by atoms with van der Waals surface area (Å²) in [7, 11) is 0. The number of carbonyl (C=O) groups is 2. The summed E-state index contributed by atoms with van der Waals surface area (Å²) in [5.74, 6) is -1.54. The Morgan fingerprint density at radius 3 is 2.27 bits per heavy atom. The number of piperidine rings is 1. The molecule has 0 bridgehead atoms. The summed E-state index contributed by atoms with van der Waals surface area (Å²) in [6, 6.07) is 12.9. The lowest BCUT2D eigenvalue weighted by atomic mass is 9.70. The number of carbonyl (C=O) groups excluding carboxylic acids is 2. The van der Waals surface area contributed by atoms with Crippen LogP contribution in [-0.2, 0) is 31.1 Å². The summed E-state index contributed by atoms with van der Waals surface area (Å²) in [6.45, 7) is 9.41. The molecule has 1 aliphatic rings. The summed E-state index contributed by atoms with van der Waals surface area (Å²) in [5.41, 5.74) is -0.752. The lowest BCUT2D eigenvalue weighted by molar-refractivity contribution is -0.263. The van der Waals surface area contributed by atoms with E-state index in [0.29, 0.717) is 25.5 Å². The van der Waals surface area contributed by atoms with Gasteiger partial charge in [0.15, 0.2) is 0 Å². The number of ether oxygens (including phenoxy) is 2. The van der Waals surface area contributed by atoms with Crippen molar-refractivity contribution in [2.75, 3.05) is 19.7 Å². The second-order valence-electron chi connectivity index (χ2n) is 9.64. The number of hydrogen-bond donors (Lipinski definition) is 0. The Kier molecular flexibility index (Phi) is 8.72. The van der Waals surface area contributed by atoms with Gasteiger partial charge in [-0.05, 0) is 62.1 Å². The third kappa shape index (κ3) is 5.84. The molecule has 1 fully saturated rings. The Bertz CT molecular complexity index is 1110. The summed E-state index contributed by atoms with van der Waals surface area (Å²) < 4.78 is 53.9. The molecular formula is C29H34F3NO4. The number of aryl methyl sites for hydroxylation is 1. The first-order valence-electron chi connectivity index (χ1n) is 12.4. The van der Waals surface area contributed by atoms with Gasteiger partial charge in [-0.25, -0.2) is 0 Å². The van der Waals surface area contributed by atoms with E-state index in [9.17, 15) is 22.8 Å². The van der Waals surface area contributed by atoms with Crippen LogP contribution in [0.4, 0.5) is 13.2 Å². The molecule has 3 rings (SSSR count). The first-order valence-corrected chi connectivity index (χ1v) is 12.4. The smallest absolute Gasteiger partial charge is 0.442 e. The lowest BCUT2D eigenvalue weighted by Crippen LogP contribution is -2.58. The fourth-order valence-corrected chi connectivity index (χ4v) is 5.14. The van der Waals surface area contributed by atoms with Gasteiger partial charge in [-0.3, -0.25) is 9.59 Å². The van der Waals surface area contributed by atoms with E-state index >= 15 is 0 Å². The molecule has 5 nitrogen and oxygen atoms in total. The van der Waals surface area contributed by atoms with Gasteiger partial charge in [0.1, 0.15) is 0 Å². The van der Waals surface area contributed by atoms with E-state index in [1.54, 1.807) is 13.0 Å². The number of benzene rings is 2. The summed E-state index contributed by atoms with van der Waals surface area (Å²) >= 11 is 0. The van der Waals surface area contributed by atoms with Gasteiger partial charge < -0.3 is 14.4 Å². The highest BCUT2D eigenvalue weighted by Gasteiger charge is 2.65. The van der Waals surface area contributed by atoms with Crippen molar-refractivity contribution in [1.29, 1.82) is 0 Å². The number of halogens is 3. The van der Waals surface area contributed by atoms with E-state index in [1.807, 2.05) is 32.0 Å². The van der Waals surface area contributed by atoms with Crippen molar-refractivity contribution in [3.8, 4) is 0 Å². The molecule has 0 radical (unpaired) electrons. The highest BCUT2D eigenvalue weighted by atomic mass is 19.4. The highest BCUT2D eigenvalue weighted by Crippen LogP contribution is 2.46. The number of hydrogen-bond acceptors (Lipinski definition) is 4. The number of esters is 1. The van der Waals surface area contributed by atoms with E-state index < -0.39 is 23.1 Å². The minimum absolute atomic E-state index is 0.0499. The van der Waals surface area contributed by atoms with Crippen LogP contribution >= 0.6 is 0 Å². The number of likely N-dealkylation sites (tertiary alicyclic amines) is 1. The average Bonchev–Trinajstić information content (AvgIpc) is 2.85. The molecule has 0 aliphatic carbocycles. The SMILES string of the molecule is C=CO[C@@](C(=O)N1CCC(CC(=O)OCC)(Cc2cccc(C)c2C)CC1)(c1ccccc1)C(F)(F)F. The van der Waals surface area contributed by atoms with Gasteiger partial charge in [-0.2, -0.15) is 13.2 Å². The van der Waals surface area contributed by atoms with Gasteiger partial charge >= 0.3 is 17.7 Å². The van der Waals surface area contributed by atoms with Crippen LogP contribution in [0.5, 0.6) is 0 Å². The summed E-state index contributed by atoms with van der Waals surface area (Å²) in [4.78, 5) is 27.3. The molecule has 2 aromatic carbocycles. The molecule has 1 amide bonds. The van der Waals surface area contributed by atoms with E-state index in [2.05, 4.69) is 6.58 Å². The van der Waals surface area contributed by atoms with Gasteiger partial charge in [0.2, 0.25) is 0 Å². The van der Waals surface area contributed by atoms with E-state index in [0.717, 1.165) is 16.7 Å². The van der Waals surface area contributed by atoms with Gasteiger partial charge in [0, 0.05) is 18.7 Å². The van der Waals surface area contributed by atoms with Crippen molar-refractivity contribution in [1.82, 2.24) is 4.90 Å². The Morgan fingerprint density at radius 1 is 1.05 bits per heavy atom. The monoisotopic (exact) mass is 517 g/mol. The lowest BCUT2D eigenvalue weighted by Gasteiger charge is -2.45. The van der Waals surface area contributed by atoms with E-state index in [4.69, 9.17) is 9.47 Å². The molecule has 0 saturated carbocycles. The maximum absolute atomic E-state index is 14.6. The maximum Gasteiger partial charge on any atom is 0.442 e. The molecule has 200 valence electrons. The van der Waals surface area contributed by atoms with Crippen LogP contribution < -0.4 is 0 Å². The van der Waals surface area contributed by atoms with E-state index in [1.165, 1.54) is 29.2 Å². The molecule has 1 aliphatic heterocycles. The van der Waals surface area contributed by atoms with Crippen LogP contribution in [0.15, 0.2) is 61.4 Å². The summed E-state index contributed by atoms with van der Waals surface area (Å²) in [5, 5.41) is 0. The number of amides is 1. The second-order valence-corrected chi connectivity index (χ2v) is 9.64. The average molecular weight is 518 g/mol. The zero-order valence-electron chi connectivity index (χ0n) is 21.6. The Balaban J connectivity index is 1.93. The van der Waals surface area contributed by atoms with Crippen LogP contribution in [0.25, 0.3) is 0 Å². The van der Waals surface area contributed by atoms with Gasteiger partial charge in [-0.1, -0.05) is 55.1 Å². The quantitative estimate of drug-likeness (QED) is 0.301. The van der Waals surface area contributed by atoms with E-state index in [-0.39, 0.29) is 37.6 Å². The van der Waals surface area contributed by atoms with Crippen molar-refractivity contribution < 1.29 is 32.2 Å². The van der Waals surface area contributed by atoms with Crippen LogP contribution in [0.1, 0.15) is 48.4 Å². The first kappa shape index (κ1) is 28.3.